The van der Waals surface area contributed by atoms with E-state index in [4.69, 9.17) is 19.6 Å². The van der Waals surface area contributed by atoms with Crippen LogP contribution in [0.5, 0.6) is 0 Å². The van der Waals surface area contributed by atoms with Crippen LogP contribution in [-0.4, -0.2) is 73.5 Å². The minimum Gasteiger partial charge on any atom is -0.464 e. The molecular weight excluding hydrogens is 720 g/mol. The third-order valence-corrected chi connectivity index (χ3v) is 13.5. The van der Waals surface area contributed by atoms with Gasteiger partial charge in [-0.05, 0) is 106 Å². The summed E-state index contributed by atoms with van der Waals surface area (Å²) in [6, 6.07) is 8.73. The molecule has 0 radical (unpaired) electrons. The number of aliphatic hydroxyl groups excluding tert-OH is 1. The summed E-state index contributed by atoms with van der Waals surface area (Å²) >= 11 is 1.24. The number of carbonyl (C=O) groups is 1. The number of benzene rings is 1. The van der Waals surface area contributed by atoms with E-state index in [1.54, 1.807) is 12.1 Å². The maximum Gasteiger partial charge on any atom is 0.357 e. The van der Waals surface area contributed by atoms with Crippen molar-refractivity contribution in [3.05, 3.63) is 64.9 Å². The van der Waals surface area contributed by atoms with Crippen molar-refractivity contribution in [2.45, 2.75) is 91.2 Å². The predicted octanol–water partition coefficient (Wildman–Crippen LogP) is 7.84. The first kappa shape index (κ1) is 36.1. The van der Waals surface area contributed by atoms with E-state index in [1.807, 2.05) is 30.2 Å². The number of nitrogens with one attached hydrogen (secondary N) is 1. The number of carbonyl (C=O) groups excluding carboxylic acids is 1. The zero-order valence-electron chi connectivity index (χ0n) is 32.0. The number of aliphatic hydroxyl groups is 1. The van der Waals surface area contributed by atoms with Crippen molar-refractivity contribution in [3.8, 4) is 11.1 Å². The molecule has 4 aliphatic carbocycles. The number of esters is 1. The summed E-state index contributed by atoms with van der Waals surface area (Å²) in [7, 11) is 1.37. The Morgan fingerprint density at radius 2 is 1.82 bits per heavy atom. The van der Waals surface area contributed by atoms with Crippen molar-refractivity contribution in [1.29, 1.82) is 0 Å². The SMILES string of the molecule is COC(=O)c1nc(N2CCCc3c2nnc(Nc2nc4cccc(F)c4s2)c3C)ccc1-c1cnn(CC23CC4(C)CC(C)(C2)CC(OCCO)(C4)C3)c1C. The molecule has 5 aliphatic rings. The van der Waals surface area contributed by atoms with Crippen molar-refractivity contribution in [3.63, 3.8) is 0 Å². The number of hydrogen-bond acceptors (Lipinski definition) is 12. The fourth-order valence-corrected chi connectivity index (χ4v) is 12.5. The molecule has 2 unspecified atom stereocenters. The second-order valence-corrected chi connectivity index (χ2v) is 18.3. The average Bonchev–Trinajstić information content (AvgIpc) is 3.72. The molecule has 5 heterocycles. The third kappa shape index (κ3) is 6.16. The molecule has 2 atom stereocenters. The van der Waals surface area contributed by atoms with Crippen molar-refractivity contribution >= 4 is 50.1 Å². The largest absolute Gasteiger partial charge is 0.464 e. The summed E-state index contributed by atoms with van der Waals surface area (Å²) in [5, 5.41) is 27.6. The quantitative estimate of drug-likeness (QED) is 0.134. The monoisotopic (exact) mass is 766 g/mol. The van der Waals surface area contributed by atoms with Crippen molar-refractivity contribution in [1.82, 2.24) is 29.9 Å². The predicted molar refractivity (Wildman–Crippen MR) is 209 cm³/mol. The van der Waals surface area contributed by atoms with E-state index in [-0.39, 0.29) is 40.0 Å². The molecule has 14 heteroatoms. The van der Waals surface area contributed by atoms with Crippen molar-refractivity contribution in [2.24, 2.45) is 16.2 Å². The van der Waals surface area contributed by atoms with Crippen molar-refractivity contribution in [2.75, 3.05) is 37.1 Å². The first-order valence-corrected chi connectivity index (χ1v) is 20.0. The Labute approximate surface area is 323 Å². The number of halogens is 1. The summed E-state index contributed by atoms with van der Waals surface area (Å²) in [6.07, 6.45) is 9.98. The maximum absolute atomic E-state index is 14.4. The van der Waals surface area contributed by atoms with Crippen LogP contribution in [0.4, 0.5) is 27.0 Å². The Morgan fingerprint density at radius 3 is 2.56 bits per heavy atom. The number of thiazole rings is 1. The van der Waals surface area contributed by atoms with E-state index in [0.717, 1.165) is 73.9 Å². The Bertz CT molecular complexity index is 2320. The molecule has 55 heavy (non-hydrogen) atoms. The van der Waals surface area contributed by atoms with Gasteiger partial charge in [0.2, 0.25) is 0 Å². The number of rotatable bonds is 10. The molecule has 12 nitrogen and oxygen atoms in total. The molecule has 1 aromatic carbocycles. The average molecular weight is 767 g/mol. The first-order valence-electron chi connectivity index (χ1n) is 19.2. The minimum atomic E-state index is -0.528. The van der Waals surface area contributed by atoms with E-state index in [2.05, 4.69) is 46.0 Å². The van der Waals surface area contributed by atoms with Crippen LogP contribution in [0.2, 0.25) is 0 Å². The molecular formula is C41H47FN8O4S. The number of hydrogen-bond donors (Lipinski definition) is 2. The number of nitrogens with zero attached hydrogens (tertiary/aromatic N) is 7. The van der Waals surface area contributed by atoms with Gasteiger partial charge >= 0.3 is 5.97 Å². The van der Waals surface area contributed by atoms with Crippen molar-refractivity contribution < 1.29 is 23.8 Å². The Hall–Kier alpha value is -4.53. The highest BCUT2D eigenvalue weighted by atomic mass is 32.1. The van der Waals surface area contributed by atoms with E-state index in [0.29, 0.717) is 51.5 Å². The van der Waals surface area contributed by atoms with Gasteiger partial charge < -0.3 is 24.8 Å². The summed E-state index contributed by atoms with van der Waals surface area (Å²) in [5.41, 5.74) is 5.41. The Kier molecular flexibility index (Phi) is 8.55. The summed E-state index contributed by atoms with van der Waals surface area (Å²) < 4.78 is 28.8. The maximum atomic E-state index is 14.4. The lowest BCUT2D eigenvalue weighted by Crippen LogP contribution is -2.64. The second kappa shape index (κ2) is 13.0. The number of fused-ring (bicyclic) bond motifs is 2. The highest BCUT2D eigenvalue weighted by Gasteiger charge is 2.66. The first-order chi connectivity index (χ1) is 26.3. The fraction of sp³-hybridized carbons (Fsp3) is 0.512. The topological polar surface area (TPSA) is 140 Å². The second-order valence-electron chi connectivity index (χ2n) is 17.3. The molecule has 10 rings (SSSR count). The van der Waals surface area contributed by atoms with Gasteiger partial charge in [0, 0.05) is 41.0 Å². The molecule has 0 spiro atoms. The standard InChI is InChI=1S/C41H47FN8O4S/c1-24-26-8-7-13-49(35(26)48-47-34(24)46-37-44-30-10-6-9-29(42)33(30)55-37)31-12-11-27(32(45-31)36(52)53-5)28-16-43-50(25(28)2)23-40-18-38(3)17-39(4,19-40)21-41(20-38,22-40)54-15-14-51/h6,9-12,16,51H,7-8,13-15,17-23H2,1-5H3,(H,44,46,47). The number of ether oxygens (including phenoxy) is 2. The summed E-state index contributed by atoms with van der Waals surface area (Å²) in [6.45, 7) is 10.7. The van der Waals surface area contributed by atoms with Gasteiger partial charge in [-0.25, -0.2) is 19.2 Å². The molecule has 288 valence electrons. The van der Waals surface area contributed by atoms with Gasteiger partial charge in [-0.15, -0.1) is 10.2 Å². The van der Waals surface area contributed by atoms with Gasteiger partial charge in [0.15, 0.2) is 22.5 Å². The van der Waals surface area contributed by atoms with Gasteiger partial charge in [-0.2, -0.15) is 5.10 Å². The molecule has 4 fully saturated rings. The van der Waals surface area contributed by atoms with E-state index < -0.39 is 5.97 Å². The van der Waals surface area contributed by atoms with E-state index in [1.165, 1.54) is 30.9 Å². The Balaban J connectivity index is 1.01. The van der Waals surface area contributed by atoms with Gasteiger partial charge in [-0.1, -0.05) is 31.3 Å². The highest BCUT2D eigenvalue weighted by molar-refractivity contribution is 7.22. The zero-order valence-corrected chi connectivity index (χ0v) is 32.9. The zero-order chi connectivity index (χ0) is 38.3. The lowest BCUT2D eigenvalue weighted by molar-refractivity contribution is -0.250. The number of pyridine rings is 1. The number of methoxy groups -OCH3 is 1. The molecule has 2 N–H and O–H groups in total. The van der Waals surface area contributed by atoms with Crippen LogP contribution in [-0.2, 0) is 22.4 Å². The fourth-order valence-electron chi connectivity index (χ4n) is 11.7. The van der Waals surface area contributed by atoms with Crippen LogP contribution >= 0.6 is 11.3 Å². The van der Waals surface area contributed by atoms with Gasteiger partial charge in [-0.3, -0.25) is 4.68 Å². The lowest BCUT2D eigenvalue weighted by atomic mass is 9.39. The lowest BCUT2D eigenvalue weighted by Gasteiger charge is -2.69. The van der Waals surface area contributed by atoms with Crippen LogP contribution < -0.4 is 10.2 Å². The number of anilines is 4. The third-order valence-electron chi connectivity index (χ3n) is 12.5. The van der Waals surface area contributed by atoms with Gasteiger partial charge in [0.05, 0.1) is 42.3 Å². The van der Waals surface area contributed by atoms with Gasteiger partial charge in [0.1, 0.15) is 11.6 Å². The minimum absolute atomic E-state index is 0.0254. The highest BCUT2D eigenvalue weighted by Crippen LogP contribution is 2.72. The molecule has 4 saturated carbocycles. The van der Waals surface area contributed by atoms with Crippen LogP contribution in [0.25, 0.3) is 21.3 Å². The van der Waals surface area contributed by atoms with Crippen LogP contribution in [0.15, 0.2) is 36.5 Å². The summed E-state index contributed by atoms with van der Waals surface area (Å²) in [4.78, 5) is 24.9. The molecule has 4 bridgehead atoms. The van der Waals surface area contributed by atoms with Crippen LogP contribution in [0.1, 0.15) is 86.1 Å². The normalized spacial score (nSPS) is 26.8. The molecule has 5 aromatic rings. The Morgan fingerprint density at radius 1 is 1.02 bits per heavy atom. The molecule has 0 saturated heterocycles. The molecule has 4 aromatic heterocycles. The van der Waals surface area contributed by atoms with E-state index >= 15 is 0 Å². The van der Waals surface area contributed by atoms with Crippen LogP contribution in [0, 0.1) is 35.9 Å². The smallest absolute Gasteiger partial charge is 0.357 e. The summed E-state index contributed by atoms with van der Waals surface area (Å²) in [5.74, 6) is 0.996. The van der Waals surface area contributed by atoms with Gasteiger partial charge in [0.25, 0.3) is 0 Å². The molecule has 1 aliphatic heterocycles. The molecule has 0 amide bonds. The van der Waals surface area contributed by atoms with Crippen LogP contribution in [0.3, 0.4) is 0 Å². The van der Waals surface area contributed by atoms with E-state index in [9.17, 15) is 14.3 Å². The number of aromatic nitrogens is 6.